The van der Waals surface area contributed by atoms with Crippen LogP contribution in [0.3, 0.4) is 0 Å². The fourth-order valence-corrected chi connectivity index (χ4v) is 8.82. The van der Waals surface area contributed by atoms with Gasteiger partial charge in [-0.15, -0.1) is 0 Å². The molecule has 0 aliphatic carbocycles. The lowest BCUT2D eigenvalue weighted by atomic mass is 10.0. The van der Waals surface area contributed by atoms with E-state index in [1.807, 2.05) is 48.5 Å². The normalized spacial score (nSPS) is 17.2. The summed E-state index contributed by atoms with van der Waals surface area (Å²) in [4.78, 5) is 0. The van der Waals surface area contributed by atoms with Crippen LogP contribution in [-0.2, 0) is 11.6 Å². The number of aryl methyl sites for hydroxylation is 1. The van der Waals surface area contributed by atoms with Crippen LogP contribution in [0, 0.1) is 0 Å². The highest BCUT2D eigenvalue weighted by molar-refractivity contribution is 7.86. The molecular weight excluding hydrogens is 409 g/mol. The second kappa shape index (κ2) is 6.22. The van der Waals surface area contributed by atoms with Crippen LogP contribution in [0.2, 0.25) is 0 Å². The highest BCUT2D eigenvalue weighted by atomic mass is 31.2. The number of benzene rings is 5. The molecule has 0 spiro atoms. The van der Waals surface area contributed by atoms with Gasteiger partial charge < -0.3 is 9.13 Å². The zero-order chi connectivity index (χ0) is 21.4. The van der Waals surface area contributed by atoms with Crippen molar-refractivity contribution in [3.8, 4) is 11.1 Å². The first-order chi connectivity index (χ1) is 15.7. The van der Waals surface area contributed by atoms with Crippen LogP contribution in [-0.4, -0.2) is 4.57 Å². The lowest BCUT2D eigenvalue weighted by Crippen LogP contribution is -2.22. The van der Waals surface area contributed by atoms with Crippen LogP contribution in [0.5, 0.6) is 0 Å². The zero-order valence-corrected chi connectivity index (χ0v) is 18.5. The molecule has 0 N–H and O–H groups in total. The minimum Gasteiger partial charge on any atom is -0.343 e. The molecule has 2 heterocycles. The molecule has 0 amide bonds. The summed E-state index contributed by atoms with van der Waals surface area (Å²) in [5, 5.41) is 7.64. The molecule has 0 saturated heterocycles. The number of hydrogen-bond donors (Lipinski definition) is 0. The van der Waals surface area contributed by atoms with Gasteiger partial charge in [0.05, 0.1) is 10.8 Å². The van der Waals surface area contributed by atoms with Gasteiger partial charge in [0.2, 0.25) is 0 Å². The summed E-state index contributed by atoms with van der Waals surface area (Å²) in [7, 11) is -0.895. The van der Waals surface area contributed by atoms with Crippen LogP contribution in [0.15, 0.2) is 103 Å². The molecule has 0 fully saturated rings. The molecule has 32 heavy (non-hydrogen) atoms. The smallest absolute Gasteiger partial charge is 0.174 e. The van der Waals surface area contributed by atoms with Gasteiger partial charge in [0.25, 0.3) is 0 Å². The van der Waals surface area contributed by atoms with E-state index in [-0.39, 0.29) is 0 Å². The minimum absolute atomic E-state index is 0.897. The summed E-state index contributed by atoms with van der Waals surface area (Å²) in [5.41, 5.74) is 4.43. The van der Waals surface area contributed by atoms with Crippen molar-refractivity contribution in [2.45, 2.75) is 0 Å². The van der Waals surface area contributed by atoms with Gasteiger partial charge in [0, 0.05) is 33.9 Å². The molecule has 152 valence electrons. The molecule has 1 aliphatic rings. The Morgan fingerprint density at radius 1 is 0.656 bits per heavy atom. The van der Waals surface area contributed by atoms with E-state index in [0.29, 0.717) is 0 Å². The third kappa shape index (κ3) is 2.13. The first-order valence-electron chi connectivity index (χ1n) is 10.9. The Morgan fingerprint density at radius 3 is 2.16 bits per heavy atom. The summed E-state index contributed by atoms with van der Waals surface area (Å²) in [6, 6.07) is 35.6. The predicted molar refractivity (Wildman–Crippen MR) is 136 cm³/mol. The number of hydrogen-bond acceptors (Lipinski definition) is 1. The van der Waals surface area contributed by atoms with Crippen molar-refractivity contribution in [3.05, 3.63) is 103 Å². The van der Waals surface area contributed by atoms with Crippen molar-refractivity contribution in [3.63, 3.8) is 0 Å². The third-order valence-electron chi connectivity index (χ3n) is 6.97. The Balaban J connectivity index is 1.70. The van der Waals surface area contributed by atoms with E-state index >= 15 is 4.57 Å². The van der Waals surface area contributed by atoms with Crippen molar-refractivity contribution in [1.82, 2.24) is 4.57 Å². The van der Waals surface area contributed by atoms with Crippen molar-refractivity contribution in [2.24, 2.45) is 7.05 Å². The molecule has 6 aromatic rings. The third-order valence-corrected chi connectivity index (χ3v) is 10.1. The highest BCUT2D eigenvalue weighted by Crippen LogP contribution is 2.54. The van der Waals surface area contributed by atoms with E-state index in [9.17, 15) is 0 Å². The van der Waals surface area contributed by atoms with E-state index in [4.69, 9.17) is 0 Å². The average Bonchev–Trinajstić information content (AvgIpc) is 3.28. The fourth-order valence-electron chi connectivity index (χ4n) is 5.52. The van der Waals surface area contributed by atoms with E-state index in [2.05, 4.69) is 66.2 Å². The maximum atomic E-state index is 15.1. The predicted octanol–water partition coefficient (Wildman–Crippen LogP) is 6.10. The van der Waals surface area contributed by atoms with Crippen LogP contribution in [0.1, 0.15) is 0 Å². The molecule has 0 bridgehead atoms. The van der Waals surface area contributed by atoms with Gasteiger partial charge in [-0.25, -0.2) is 0 Å². The van der Waals surface area contributed by atoms with Gasteiger partial charge in [-0.2, -0.15) is 0 Å². The van der Waals surface area contributed by atoms with Crippen molar-refractivity contribution < 1.29 is 4.57 Å². The number of aromatic nitrogens is 1. The maximum absolute atomic E-state index is 15.1. The fraction of sp³-hybridized carbons (Fsp3) is 0.0345. The summed E-state index contributed by atoms with van der Waals surface area (Å²) >= 11 is 0. The summed E-state index contributed by atoms with van der Waals surface area (Å²) in [6.45, 7) is 0. The van der Waals surface area contributed by atoms with E-state index in [1.165, 1.54) is 21.7 Å². The monoisotopic (exact) mass is 429 g/mol. The van der Waals surface area contributed by atoms with Gasteiger partial charge in [0.15, 0.2) is 7.14 Å². The maximum Gasteiger partial charge on any atom is 0.174 e. The molecular formula is C29H20NOP. The summed E-state index contributed by atoms with van der Waals surface area (Å²) in [6.07, 6.45) is 0. The van der Waals surface area contributed by atoms with Crippen LogP contribution < -0.4 is 15.9 Å². The molecule has 1 aliphatic heterocycles. The summed E-state index contributed by atoms with van der Waals surface area (Å²) in [5.74, 6) is 0. The molecule has 1 atom stereocenters. The molecule has 0 radical (unpaired) electrons. The summed E-state index contributed by atoms with van der Waals surface area (Å²) < 4.78 is 17.4. The second-order valence-corrected chi connectivity index (χ2v) is 11.3. The lowest BCUT2D eigenvalue weighted by molar-refractivity contribution is 0.593. The minimum atomic E-state index is -3.00. The Morgan fingerprint density at radius 2 is 1.34 bits per heavy atom. The van der Waals surface area contributed by atoms with E-state index < -0.39 is 7.14 Å². The first kappa shape index (κ1) is 18.0. The molecule has 5 aromatic carbocycles. The Bertz CT molecular complexity index is 1760. The van der Waals surface area contributed by atoms with Crippen LogP contribution >= 0.6 is 7.14 Å². The topological polar surface area (TPSA) is 22.0 Å². The number of rotatable bonds is 1. The van der Waals surface area contributed by atoms with Crippen molar-refractivity contribution in [1.29, 1.82) is 0 Å². The molecule has 7 rings (SSSR count). The molecule has 1 aromatic heterocycles. The van der Waals surface area contributed by atoms with Gasteiger partial charge in [0.1, 0.15) is 0 Å². The van der Waals surface area contributed by atoms with E-state index in [0.717, 1.165) is 37.9 Å². The van der Waals surface area contributed by atoms with E-state index in [1.54, 1.807) is 0 Å². The first-order valence-corrected chi connectivity index (χ1v) is 12.6. The van der Waals surface area contributed by atoms with Gasteiger partial charge in [-0.3, -0.25) is 0 Å². The van der Waals surface area contributed by atoms with Gasteiger partial charge >= 0.3 is 0 Å². The van der Waals surface area contributed by atoms with Crippen LogP contribution in [0.25, 0.3) is 43.7 Å². The lowest BCUT2D eigenvalue weighted by Gasteiger charge is -2.17. The quantitative estimate of drug-likeness (QED) is 0.289. The standard InChI is InChI=1S/C29H20NOP/c1-30-26-18-20-10-6-5-9-19(20)17-25(26)23-15-16-24-22-13-7-8-14-27(22)32(31,29(24)28(23)30)21-11-3-2-4-12-21/h2-18H,1H3. The largest absolute Gasteiger partial charge is 0.343 e. The SMILES string of the molecule is Cn1c2cc3ccccc3cc2c2ccc3c(c21)P(=O)(c1ccccc1)c1ccccc1-3. The number of nitrogens with zero attached hydrogens (tertiary/aromatic N) is 1. The van der Waals surface area contributed by atoms with Crippen LogP contribution in [0.4, 0.5) is 0 Å². The molecule has 0 saturated carbocycles. The molecule has 1 unspecified atom stereocenters. The Kier molecular flexibility index (Phi) is 3.50. The second-order valence-electron chi connectivity index (χ2n) is 8.60. The van der Waals surface area contributed by atoms with Gasteiger partial charge in [-0.1, -0.05) is 91.0 Å². The van der Waals surface area contributed by atoms with Crippen molar-refractivity contribution in [2.75, 3.05) is 0 Å². The van der Waals surface area contributed by atoms with Gasteiger partial charge in [-0.05, 0) is 34.0 Å². The molecule has 2 nitrogen and oxygen atoms in total. The zero-order valence-electron chi connectivity index (χ0n) is 17.6. The average molecular weight is 429 g/mol. The Labute approximate surface area is 186 Å². The molecule has 3 heteroatoms. The Hall–Kier alpha value is -3.61. The number of fused-ring (bicyclic) bond motifs is 8. The van der Waals surface area contributed by atoms with Crippen molar-refractivity contribution >= 4 is 55.6 Å². The highest BCUT2D eigenvalue weighted by Gasteiger charge is 2.42.